The first-order chi connectivity index (χ1) is 16.6. The van der Waals surface area contributed by atoms with Crippen molar-refractivity contribution in [1.29, 1.82) is 0 Å². The molecule has 2 amide bonds. The van der Waals surface area contributed by atoms with Crippen molar-refractivity contribution in [2.24, 2.45) is 0 Å². The van der Waals surface area contributed by atoms with Gasteiger partial charge in [-0.1, -0.05) is 24.3 Å². The number of nitrogens with zero attached hydrogens (tertiary/aromatic N) is 2. The number of carbonyl (C=O) groups is 2. The Bertz CT molecular complexity index is 1200. The number of rotatable bonds is 10. The van der Waals surface area contributed by atoms with Gasteiger partial charge >= 0.3 is 0 Å². The Morgan fingerprint density at radius 2 is 1.69 bits per heavy atom. The van der Waals surface area contributed by atoms with Crippen LogP contribution in [-0.2, 0) is 26.2 Å². The number of hydrogen-bond acceptors (Lipinski definition) is 4. The van der Waals surface area contributed by atoms with E-state index in [0.717, 1.165) is 33.8 Å². The summed E-state index contributed by atoms with van der Waals surface area (Å²) >= 11 is 0. The topological polar surface area (TPSA) is 86.8 Å². The summed E-state index contributed by atoms with van der Waals surface area (Å²) < 4.78 is 52.6. The average molecular weight is 524 g/mol. The fraction of sp³-hybridized carbons (Fsp3) is 0.462. The summed E-state index contributed by atoms with van der Waals surface area (Å²) in [7, 11) is -3.81. The Balaban J connectivity index is 2.22. The molecule has 2 rings (SSSR count). The molecule has 7 nitrogen and oxygen atoms in total. The van der Waals surface area contributed by atoms with Crippen molar-refractivity contribution >= 4 is 27.5 Å². The van der Waals surface area contributed by atoms with Crippen LogP contribution in [-0.4, -0.2) is 49.5 Å². The quantitative estimate of drug-likeness (QED) is 0.507. The molecule has 10 heteroatoms. The standard InChI is InChI=1S/C26H35F2N3O4S/c1-18-10-7-8-11-20(18)17-30(19(2)25(33)29-26(3,4)5)24(32)12-9-15-31(36(6,34)35)21-13-14-22(27)23(28)16-21/h7-8,10-11,13-14,16,19H,9,12,15,17H2,1-6H3,(H,29,33)/t19-/m1/s1. The molecule has 0 aliphatic rings. The molecule has 0 aromatic heterocycles. The van der Waals surface area contributed by atoms with E-state index < -0.39 is 33.2 Å². The number of sulfonamides is 1. The summed E-state index contributed by atoms with van der Waals surface area (Å²) in [5, 5.41) is 2.89. The lowest BCUT2D eigenvalue weighted by Crippen LogP contribution is -2.52. The molecular weight excluding hydrogens is 488 g/mol. The third-order valence-corrected chi connectivity index (χ3v) is 6.80. The number of amides is 2. The van der Waals surface area contributed by atoms with Crippen molar-refractivity contribution in [3.05, 3.63) is 65.2 Å². The molecule has 0 saturated heterocycles. The van der Waals surface area contributed by atoms with Crippen LogP contribution in [0.1, 0.15) is 51.7 Å². The zero-order valence-corrected chi connectivity index (χ0v) is 22.5. The van der Waals surface area contributed by atoms with E-state index >= 15 is 0 Å². The van der Waals surface area contributed by atoms with Gasteiger partial charge in [-0.15, -0.1) is 0 Å². The second-order valence-corrected chi connectivity index (χ2v) is 11.8. The molecule has 0 radical (unpaired) electrons. The molecule has 0 fully saturated rings. The number of benzene rings is 2. The van der Waals surface area contributed by atoms with Crippen molar-refractivity contribution in [3.63, 3.8) is 0 Å². The second-order valence-electron chi connectivity index (χ2n) is 9.90. The Morgan fingerprint density at radius 1 is 1.06 bits per heavy atom. The lowest BCUT2D eigenvalue weighted by molar-refractivity contribution is -0.141. The molecule has 0 saturated carbocycles. The molecule has 2 aromatic rings. The van der Waals surface area contributed by atoms with E-state index in [1.165, 1.54) is 11.0 Å². The molecule has 0 aliphatic carbocycles. The van der Waals surface area contributed by atoms with Crippen LogP contribution in [0.2, 0.25) is 0 Å². The van der Waals surface area contributed by atoms with Gasteiger partial charge in [-0.25, -0.2) is 17.2 Å². The minimum Gasteiger partial charge on any atom is -0.350 e. The normalized spacial score (nSPS) is 12.7. The van der Waals surface area contributed by atoms with Crippen molar-refractivity contribution in [2.75, 3.05) is 17.1 Å². The Kier molecular flexibility index (Phi) is 9.59. The first kappa shape index (κ1) is 29.2. The third-order valence-electron chi connectivity index (χ3n) is 5.61. The minimum absolute atomic E-state index is 0.0291. The van der Waals surface area contributed by atoms with Crippen LogP contribution in [0.4, 0.5) is 14.5 Å². The lowest BCUT2D eigenvalue weighted by Gasteiger charge is -2.32. The average Bonchev–Trinajstić information content (AvgIpc) is 2.75. The van der Waals surface area contributed by atoms with Crippen LogP contribution in [0, 0.1) is 18.6 Å². The molecule has 0 heterocycles. The van der Waals surface area contributed by atoms with Gasteiger partial charge in [0.25, 0.3) is 0 Å². The van der Waals surface area contributed by atoms with Gasteiger partial charge < -0.3 is 10.2 Å². The first-order valence-electron chi connectivity index (χ1n) is 11.7. The minimum atomic E-state index is -3.81. The summed E-state index contributed by atoms with van der Waals surface area (Å²) in [4.78, 5) is 27.7. The summed E-state index contributed by atoms with van der Waals surface area (Å²) in [5.74, 6) is -2.88. The Hall–Kier alpha value is -3.01. The molecule has 0 bridgehead atoms. The summed E-state index contributed by atoms with van der Waals surface area (Å²) in [6.07, 6.45) is 1.02. The van der Waals surface area contributed by atoms with Gasteiger partial charge in [0.1, 0.15) is 6.04 Å². The van der Waals surface area contributed by atoms with E-state index in [-0.39, 0.29) is 43.4 Å². The zero-order valence-electron chi connectivity index (χ0n) is 21.6. The largest absolute Gasteiger partial charge is 0.350 e. The zero-order chi connectivity index (χ0) is 27.3. The Morgan fingerprint density at radius 3 is 2.25 bits per heavy atom. The molecule has 198 valence electrons. The highest BCUT2D eigenvalue weighted by Gasteiger charge is 2.29. The molecule has 36 heavy (non-hydrogen) atoms. The van der Waals surface area contributed by atoms with Crippen LogP contribution >= 0.6 is 0 Å². The highest BCUT2D eigenvalue weighted by atomic mass is 32.2. The van der Waals surface area contributed by atoms with Gasteiger partial charge in [-0.2, -0.15) is 0 Å². The van der Waals surface area contributed by atoms with Crippen molar-refractivity contribution < 1.29 is 26.8 Å². The number of halogens is 2. The summed E-state index contributed by atoms with van der Waals surface area (Å²) in [6.45, 7) is 9.22. The van der Waals surface area contributed by atoms with Gasteiger partial charge in [-0.05, 0) is 64.3 Å². The van der Waals surface area contributed by atoms with E-state index in [4.69, 9.17) is 0 Å². The molecule has 0 aliphatic heterocycles. The van der Waals surface area contributed by atoms with Crippen molar-refractivity contribution in [3.8, 4) is 0 Å². The van der Waals surface area contributed by atoms with E-state index in [9.17, 15) is 26.8 Å². The lowest BCUT2D eigenvalue weighted by atomic mass is 10.1. The van der Waals surface area contributed by atoms with Gasteiger partial charge in [0.2, 0.25) is 21.8 Å². The number of hydrogen-bond donors (Lipinski definition) is 1. The molecule has 2 aromatic carbocycles. The van der Waals surface area contributed by atoms with Crippen LogP contribution in [0.3, 0.4) is 0 Å². The van der Waals surface area contributed by atoms with E-state index in [1.807, 2.05) is 52.0 Å². The van der Waals surface area contributed by atoms with Gasteiger partial charge in [0.15, 0.2) is 11.6 Å². The maximum absolute atomic E-state index is 13.7. The second kappa shape index (κ2) is 11.8. The number of carbonyl (C=O) groups excluding carboxylic acids is 2. The van der Waals surface area contributed by atoms with Crippen molar-refractivity contribution in [1.82, 2.24) is 10.2 Å². The predicted octanol–water partition coefficient (Wildman–Crippen LogP) is 4.15. The maximum atomic E-state index is 13.7. The first-order valence-corrected chi connectivity index (χ1v) is 13.5. The molecule has 0 unspecified atom stereocenters. The summed E-state index contributed by atoms with van der Waals surface area (Å²) in [5.41, 5.74) is 1.35. The van der Waals surface area contributed by atoms with Crippen LogP contribution in [0.5, 0.6) is 0 Å². The van der Waals surface area contributed by atoms with E-state index in [2.05, 4.69) is 5.32 Å². The highest BCUT2D eigenvalue weighted by molar-refractivity contribution is 7.92. The van der Waals surface area contributed by atoms with Gasteiger partial charge in [-0.3, -0.25) is 13.9 Å². The number of nitrogens with one attached hydrogen (secondary N) is 1. The fourth-order valence-electron chi connectivity index (χ4n) is 3.67. The van der Waals surface area contributed by atoms with Crippen molar-refractivity contribution in [2.45, 2.75) is 65.6 Å². The number of aryl methyl sites for hydroxylation is 1. The van der Waals surface area contributed by atoms with Gasteiger partial charge in [0, 0.05) is 31.1 Å². The van der Waals surface area contributed by atoms with E-state index in [0.29, 0.717) is 0 Å². The monoisotopic (exact) mass is 523 g/mol. The summed E-state index contributed by atoms with van der Waals surface area (Å²) in [6, 6.07) is 9.62. The van der Waals surface area contributed by atoms with E-state index in [1.54, 1.807) is 6.92 Å². The SMILES string of the molecule is Cc1ccccc1CN(C(=O)CCCN(c1ccc(F)c(F)c1)S(C)(=O)=O)[C@H](C)C(=O)NC(C)(C)C. The van der Waals surface area contributed by atoms with Crippen LogP contribution in [0.25, 0.3) is 0 Å². The molecular formula is C26H35F2N3O4S. The maximum Gasteiger partial charge on any atom is 0.242 e. The predicted molar refractivity (Wildman–Crippen MR) is 137 cm³/mol. The molecule has 0 spiro atoms. The Labute approximate surface area is 212 Å². The molecule has 1 N–H and O–H groups in total. The smallest absolute Gasteiger partial charge is 0.242 e. The third kappa shape index (κ3) is 8.29. The molecule has 1 atom stereocenters. The number of anilines is 1. The van der Waals surface area contributed by atoms with Crippen LogP contribution < -0.4 is 9.62 Å². The van der Waals surface area contributed by atoms with Gasteiger partial charge in [0.05, 0.1) is 11.9 Å². The highest BCUT2D eigenvalue weighted by Crippen LogP contribution is 2.22. The van der Waals surface area contributed by atoms with Crippen LogP contribution in [0.15, 0.2) is 42.5 Å². The fourth-order valence-corrected chi connectivity index (χ4v) is 4.63.